The van der Waals surface area contributed by atoms with Gasteiger partial charge in [0.2, 0.25) is 0 Å². The number of rotatable bonds is 3. The Kier molecular flexibility index (Phi) is 4.21. The van der Waals surface area contributed by atoms with Crippen LogP contribution >= 0.6 is 15.9 Å². The normalized spacial score (nSPS) is 14.0. The van der Waals surface area contributed by atoms with Crippen LogP contribution in [0.25, 0.3) is 16.7 Å². The van der Waals surface area contributed by atoms with Crippen LogP contribution in [0.5, 0.6) is 0 Å². The number of carbonyl (C=O) groups excluding carboxylic acids is 1. The number of halogens is 1. The van der Waals surface area contributed by atoms with Crippen LogP contribution in [-0.4, -0.2) is 5.78 Å². The van der Waals surface area contributed by atoms with Crippen molar-refractivity contribution in [3.05, 3.63) is 112 Å². The molecule has 2 heteroatoms. The van der Waals surface area contributed by atoms with E-state index in [2.05, 4.69) is 15.9 Å². The van der Waals surface area contributed by atoms with Crippen molar-refractivity contribution in [3.8, 4) is 0 Å². The monoisotopic (exact) mass is 386 g/mol. The van der Waals surface area contributed by atoms with Gasteiger partial charge in [0, 0.05) is 15.6 Å². The molecule has 1 aliphatic carbocycles. The first-order valence-electron chi connectivity index (χ1n) is 8.11. The number of benzene rings is 3. The Morgan fingerprint density at radius 2 is 1.16 bits per heavy atom. The molecule has 3 aromatic rings. The first-order chi connectivity index (χ1) is 12.2. The van der Waals surface area contributed by atoms with Crippen molar-refractivity contribution in [1.29, 1.82) is 0 Å². The van der Waals surface area contributed by atoms with Gasteiger partial charge in [0.15, 0.2) is 5.78 Å². The summed E-state index contributed by atoms with van der Waals surface area (Å²) in [6.45, 7) is 0. The second-order valence-electron chi connectivity index (χ2n) is 5.91. The molecule has 0 heterocycles. The predicted octanol–water partition coefficient (Wildman–Crippen LogP) is 6.03. The molecule has 3 aromatic carbocycles. The Balaban J connectivity index is 1.90. The number of allylic oxidation sites excluding steroid dienone is 4. The molecule has 0 unspecified atom stereocenters. The SMILES string of the molecule is O=C1C(c2ccccc2)=CC(c2ccc(Br)cc2)=C1c1ccccc1. The lowest BCUT2D eigenvalue weighted by Gasteiger charge is -2.08. The molecule has 0 saturated heterocycles. The Morgan fingerprint density at radius 1 is 0.600 bits per heavy atom. The van der Waals surface area contributed by atoms with Crippen LogP contribution in [0.2, 0.25) is 0 Å². The zero-order valence-corrected chi connectivity index (χ0v) is 15.0. The summed E-state index contributed by atoms with van der Waals surface area (Å²) in [6.07, 6.45) is 2.02. The molecule has 25 heavy (non-hydrogen) atoms. The molecule has 0 saturated carbocycles. The van der Waals surface area contributed by atoms with Gasteiger partial charge in [-0.2, -0.15) is 0 Å². The fraction of sp³-hybridized carbons (Fsp3) is 0. The molecular weight excluding hydrogens is 372 g/mol. The van der Waals surface area contributed by atoms with E-state index in [1.54, 1.807) is 0 Å². The summed E-state index contributed by atoms with van der Waals surface area (Å²) in [5.41, 5.74) is 5.43. The minimum atomic E-state index is 0.0790. The minimum absolute atomic E-state index is 0.0790. The summed E-state index contributed by atoms with van der Waals surface area (Å²) in [5.74, 6) is 0.0790. The van der Waals surface area contributed by atoms with Crippen molar-refractivity contribution < 1.29 is 4.79 Å². The molecule has 0 atom stereocenters. The summed E-state index contributed by atoms with van der Waals surface area (Å²) in [7, 11) is 0. The summed E-state index contributed by atoms with van der Waals surface area (Å²) in [4.78, 5) is 13.2. The Morgan fingerprint density at radius 3 is 1.76 bits per heavy atom. The average molecular weight is 387 g/mol. The highest BCUT2D eigenvalue weighted by atomic mass is 79.9. The zero-order valence-electron chi connectivity index (χ0n) is 13.4. The van der Waals surface area contributed by atoms with Gasteiger partial charge in [-0.25, -0.2) is 0 Å². The van der Waals surface area contributed by atoms with Crippen LogP contribution in [-0.2, 0) is 4.79 Å². The van der Waals surface area contributed by atoms with Gasteiger partial charge in [-0.15, -0.1) is 0 Å². The van der Waals surface area contributed by atoms with Crippen LogP contribution in [0.15, 0.2) is 95.5 Å². The predicted molar refractivity (Wildman–Crippen MR) is 107 cm³/mol. The van der Waals surface area contributed by atoms with Crippen molar-refractivity contribution >= 4 is 38.4 Å². The molecule has 0 aromatic heterocycles. The van der Waals surface area contributed by atoms with Crippen molar-refractivity contribution in [3.63, 3.8) is 0 Å². The molecule has 0 aliphatic heterocycles. The lowest BCUT2D eigenvalue weighted by Crippen LogP contribution is -2.01. The Hall–Kier alpha value is -2.71. The van der Waals surface area contributed by atoms with E-state index in [1.165, 1.54) is 0 Å². The van der Waals surface area contributed by atoms with Gasteiger partial charge in [-0.05, 0) is 40.5 Å². The molecular formula is C23H15BrO. The highest BCUT2D eigenvalue weighted by molar-refractivity contribution is 9.10. The van der Waals surface area contributed by atoms with Crippen LogP contribution in [0, 0.1) is 0 Å². The van der Waals surface area contributed by atoms with Gasteiger partial charge < -0.3 is 0 Å². The molecule has 1 nitrogen and oxygen atoms in total. The molecule has 0 spiro atoms. The zero-order chi connectivity index (χ0) is 17.2. The van der Waals surface area contributed by atoms with E-state index in [1.807, 2.05) is 91.0 Å². The molecule has 0 radical (unpaired) electrons. The number of Topliss-reactive ketones (excluding diaryl/α,β-unsaturated/α-hetero) is 1. The number of carbonyl (C=O) groups is 1. The van der Waals surface area contributed by atoms with Crippen LogP contribution in [0.3, 0.4) is 0 Å². The smallest absolute Gasteiger partial charge is 0.194 e. The number of hydrogen-bond donors (Lipinski definition) is 0. The Labute approximate surface area is 155 Å². The third kappa shape index (κ3) is 3.01. The fourth-order valence-electron chi connectivity index (χ4n) is 3.12. The van der Waals surface area contributed by atoms with Gasteiger partial charge in [-0.1, -0.05) is 88.7 Å². The largest absolute Gasteiger partial charge is 0.289 e. The van der Waals surface area contributed by atoms with Crippen LogP contribution < -0.4 is 0 Å². The summed E-state index contributed by atoms with van der Waals surface area (Å²) in [5, 5.41) is 0. The maximum absolute atomic E-state index is 13.2. The third-order valence-corrected chi connectivity index (χ3v) is 4.86. The van der Waals surface area contributed by atoms with Crippen molar-refractivity contribution in [1.82, 2.24) is 0 Å². The standard InChI is InChI=1S/C23H15BrO/c24-19-13-11-17(12-14-19)20-15-21(16-7-3-1-4-8-16)23(25)22(20)18-9-5-2-6-10-18/h1-15H. The minimum Gasteiger partial charge on any atom is -0.289 e. The lowest BCUT2D eigenvalue weighted by atomic mass is 9.95. The highest BCUT2D eigenvalue weighted by Gasteiger charge is 2.28. The first-order valence-corrected chi connectivity index (χ1v) is 8.91. The van der Waals surface area contributed by atoms with E-state index >= 15 is 0 Å². The van der Waals surface area contributed by atoms with E-state index in [4.69, 9.17) is 0 Å². The molecule has 4 rings (SSSR count). The second-order valence-corrected chi connectivity index (χ2v) is 6.83. The maximum atomic E-state index is 13.2. The molecule has 1 aliphatic rings. The molecule has 0 amide bonds. The summed E-state index contributed by atoms with van der Waals surface area (Å²) < 4.78 is 1.02. The van der Waals surface area contributed by atoms with E-state index in [9.17, 15) is 4.79 Å². The van der Waals surface area contributed by atoms with Gasteiger partial charge in [-0.3, -0.25) is 4.79 Å². The molecule has 0 bridgehead atoms. The highest BCUT2D eigenvalue weighted by Crippen LogP contribution is 2.40. The maximum Gasteiger partial charge on any atom is 0.194 e. The van der Waals surface area contributed by atoms with E-state index in [0.717, 1.165) is 37.9 Å². The number of ketones is 1. The quantitative estimate of drug-likeness (QED) is 0.537. The van der Waals surface area contributed by atoms with Crippen molar-refractivity contribution in [2.24, 2.45) is 0 Å². The van der Waals surface area contributed by atoms with E-state index in [-0.39, 0.29) is 5.78 Å². The Bertz CT molecular complexity index is 981. The summed E-state index contributed by atoms with van der Waals surface area (Å²) in [6, 6.07) is 27.8. The molecule has 120 valence electrons. The third-order valence-electron chi connectivity index (χ3n) is 4.33. The molecule has 0 N–H and O–H groups in total. The van der Waals surface area contributed by atoms with Gasteiger partial charge in [0.05, 0.1) is 0 Å². The summed E-state index contributed by atoms with van der Waals surface area (Å²) >= 11 is 3.48. The molecule has 0 fully saturated rings. The second kappa shape index (κ2) is 6.66. The lowest BCUT2D eigenvalue weighted by molar-refractivity contribution is -0.108. The number of hydrogen-bond acceptors (Lipinski definition) is 1. The van der Waals surface area contributed by atoms with Crippen molar-refractivity contribution in [2.45, 2.75) is 0 Å². The van der Waals surface area contributed by atoms with Crippen LogP contribution in [0.4, 0.5) is 0 Å². The average Bonchev–Trinajstić information content (AvgIpc) is 3.01. The topological polar surface area (TPSA) is 17.1 Å². The van der Waals surface area contributed by atoms with Gasteiger partial charge >= 0.3 is 0 Å². The van der Waals surface area contributed by atoms with E-state index < -0.39 is 0 Å². The van der Waals surface area contributed by atoms with Crippen LogP contribution in [0.1, 0.15) is 16.7 Å². The first kappa shape index (κ1) is 15.8. The fourth-order valence-corrected chi connectivity index (χ4v) is 3.38. The van der Waals surface area contributed by atoms with Gasteiger partial charge in [0.25, 0.3) is 0 Å². The van der Waals surface area contributed by atoms with Gasteiger partial charge in [0.1, 0.15) is 0 Å². The van der Waals surface area contributed by atoms with Crippen molar-refractivity contribution in [2.75, 3.05) is 0 Å². The van der Waals surface area contributed by atoms with E-state index in [0.29, 0.717) is 0 Å².